The van der Waals surface area contributed by atoms with E-state index in [1.807, 2.05) is 11.6 Å². The SMILES string of the molecule is Cc1ccc(NCCc2nc(-c3cncn3C)no2)cc1. The number of hydrogen-bond donors (Lipinski definition) is 1. The normalized spacial score (nSPS) is 10.8. The fourth-order valence-electron chi connectivity index (χ4n) is 2.02. The fraction of sp³-hybridized carbons (Fsp3) is 0.267. The van der Waals surface area contributed by atoms with Gasteiger partial charge in [0.25, 0.3) is 0 Å². The van der Waals surface area contributed by atoms with Crippen LogP contribution in [0.15, 0.2) is 41.3 Å². The summed E-state index contributed by atoms with van der Waals surface area (Å²) in [6.07, 6.45) is 4.11. The molecule has 3 rings (SSSR count). The van der Waals surface area contributed by atoms with Crippen LogP contribution in [0.4, 0.5) is 5.69 Å². The molecule has 0 spiro atoms. The van der Waals surface area contributed by atoms with Crippen LogP contribution in [0.1, 0.15) is 11.5 Å². The van der Waals surface area contributed by atoms with Crippen molar-refractivity contribution in [2.24, 2.45) is 7.05 Å². The summed E-state index contributed by atoms with van der Waals surface area (Å²) in [4.78, 5) is 8.43. The largest absolute Gasteiger partial charge is 0.385 e. The van der Waals surface area contributed by atoms with E-state index >= 15 is 0 Å². The topological polar surface area (TPSA) is 68.8 Å². The van der Waals surface area contributed by atoms with Gasteiger partial charge in [-0.15, -0.1) is 0 Å². The van der Waals surface area contributed by atoms with Crippen molar-refractivity contribution < 1.29 is 4.52 Å². The van der Waals surface area contributed by atoms with Crippen LogP contribution in [0.2, 0.25) is 0 Å². The summed E-state index contributed by atoms with van der Waals surface area (Å²) in [6.45, 7) is 2.82. The molecular formula is C15H17N5O. The number of aromatic nitrogens is 4. The molecule has 2 heterocycles. The Hall–Kier alpha value is -2.63. The summed E-state index contributed by atoms with van der Waals surface area (Å²) < 4.78 is 7.12. The molecule has 0 aliphatic rings. The van der Waals surface area contributed by atoms with Crippen LogP contribution in [0, 0.1) is 6.92 Å². The quantitative estimate of drug-likeness (QED) is 0.779. The van der Waals surface area contributed by atoms with Crippen LogP contribution in [0.5, 0.6) is 0 Å². The second-order valence-electron chi connectivity index (χ2n) is 4.94. The average molecular weight is 283 g/mol. The van der Waals surface area contributed by atoms with Crippen molar-refractivity contribution in [3.05, 3.63) is 48.2 Å². The van der Waals surface area contributed by atoms with Crippen LogP contribution < -0.4 is 5.32 Å². The Balaban J connectivity index is 1.58. The summed E-state index contributed by atoms with van der Waals surface area (Å²) in [5.74, 6) is 1.19. The van der Waals surface area contributed by atoms with Crippen LogP contribution in [-0.2, 0) is 13.5 Å². The number of rotatable bonds is 5. The standard InChI is InChI=1S/C15H17N5O/c1-11-3-5-12(6-4-11)17-8-7-14-18-15(19-21-14)13-9-16-10-20(13)2/h3-6,9-10,17H,7-8H2,1-2H3. The Kier molecular flexibility index (Phi) is 3.68. The Bertz CT molecular complexity index is 714. The Labute approximate surface area is 122 Å². The first-order valence-electron chi connectivity index (χ1n) is 6.82. The number of imidazole rings is 1. The minimum Gasteiger partial charge on any atom is -0.385 e. The van der Waals surface area contributed by atoms with E-state index in [-0.39, 0.29) is 0 Å². The summed E-state index contributed by atoms with van der Waals surface area (Å²) in [6, 6.07) is 8.28. The molecule has 0 radical (unpaired) electrons. The highest BCUT2D eigenvalue weighted by atomic mass is 16.5. The van der Waals surface area contributed by atoms with E-state index in [0.29, 0.717) is 18.1 Å². The molecule has 0 amide bonds. The first-order chi connectivity index (χ1) is 10.2. The van der Waals surface area contributed by atoms with Crippen LogP contribution in [-0.4, -0.2) is 26.2 Å². The lowest BCUT2D eigenvalue weighted by Gasteiger charge is -2.04. The van der Waals surface area contributed by atoms with Crippen LogP contribution in [0.3, 0.4) is 0 Å². The maximum absolute atomic E-state index is 5.26. The molecule has 0 atom stereocenters. The molecule has 1 aromatic carbocycles. The molecule has 0 aliphatic heterocycles. The molecule has 21 heavy (non-hydrogen) atoms. The van der Waals surface area contributed by atoms with Gasteiger partial charge in [-0.25, -0.2) is 4.98 Å². The fourth-order valence-corrected chi connectivity index (χ4v) is 2.02. The van der Waals surface area contributed by atoms with Gasteiger partial charge in [0.1, 0.15) is 5.69 Å². The third-order valence-corrected chi connectivity index (χ3v) is 3.23. The maximum atomic E-state index is 5.26. The Morgan fingerprint density at radius 1 is 1.24 bits per heavy atom. The van der Waals surface area contributed by atoms with Crippen molar-refractivity contribution in [2.45, 2.75) is 13.3 Å². The Morgan fingerprint density at radius 3 is 2.76 bits per heavy atom. The summed E-state index contributed by atoms with van der Waals surface area (Å²) >= 11 is 0. The van der Waals surface area contributed by atoms with E-state index in [0.717, 1.165) is 17.9 Å². The molecule has 0 unspecified atom stereocenters. The van der Waals surface area contributed by atoms with Crippen molar-refractivity contribution in [3.8, 4) is 11.5 Å². The number of nitrogens with one attached hydrogen (secondary N) is 1. The van der Waals surface area contributed by atoms with Gasteiger partial charge in [0.05, 0.1) is 12.5 Å². The van der Waals surface area contributed by atoms with Crippen LogP contribution >= 0.6 is 0 Å². The van der Waals surface area contributed by atoms with E-state index < -0.39 is 0 Å². The van der Waals surface area contributed by atoms with Crippen molar-refractivity contribution in [1.82, 2.24) is 19.7 Å². The van der Waals surface area contributed by atoms with E-state index in [1.54, 1.807) is 12.5 Å². The number of anilines is 1. The zero-order chi connectivity index (χ0) is 14.7. The lowest BCUT2D eigenvalue weighted by atomic mass is 10.2. The number of benzene rings is 1. The smallest absolute Gasteiger partial charge is 0.228 e. The molecule has 1 N–H and O–H groups in total. The lowest BCUT2D eigenvalue weighted by Crippen LogP contribution is -2.05. The number of aryl methyl sites for hydroxylation is 2. The van der Waals surface area contributed by atoms with Crippen molar-refractivity contribution in [3.63, 3.8) is 0 Å². The zero-order valence-electron chi connectivity index (χ0n) is 12.1. The van der Waals surface area contributed by atoms with Crippen molar-refractivity contribution in [1.29, 1.82) is 0 Å². The highest BCUT2D eigenvalue weighted by Crippen LogP contribution is 2.14. The Morgan fingerprint density at radius 2 is 2.05 bits per heavy atom. The second-order valence-corrected chi connectivity index (χ2v) is 4.94. The first-order valence-corrected chi connectivity index (χ1v) is 6.82. The molecule has 0 bridgehead atoms. The van der Waals surface area contributed by atoms with Crippen molar-refractivity contribution in [2.75, 3.05) is 11.9 Å². The summed E-state index contributed by atoms with van der Waals surface area (Å²) in [7, 11) is 1.90. The van der Waals surface area contributed by atoms with Gasteiger partial charge in [-0.3, -0.25) is 0 Å². The van der Waals surface area contributed by atoms with E-state index in [4.69, 9.17) is 4.52 Å². The molecule has 3 aromatic rings. The predicted octanol–water partition coefficient (Wildman–Crippen LogP) is 2.43. The van der Waals surface area contributed by atoms with Gasteiger partial charge in [-0.1, -0.05) is 22.9 Å². The van der Waals surface area contributed by atoms with Gasteiger partial charge in [-0.05, 0) is 19.1 Å². The van der Waals surface area contributed by atoms with Gasteiger partial charge in [0, 0.05) is 25.7 Å². The predicted molar refractivity (Wildman–Crippen MR) is 79.9 cm³/mol. The molecule has 0 saturated carbocycles. The highest BCUT2D eigenvalue weighted by molar-refractivity contribution is 5.47. The third kappa shape index (κ3) is 3.10. The summed E-state index contributed by atoms with van der Waals surface area (Å²) in [5, 5.41) is 7.31. The van der Waals surface area contributed by atoms with E-state index in [9.17, 15) is 0 Å². The minimum atomic E-state index is 0.570. The minimum absolute atomic E-state index is 0.570. The number of hydrogen-bond acceptors (Lipinski definition) is 5. The van der Waals surface area contributed by atoms with Gasteiger partial charge in [0.15, 0.2) is 0 Å². The van der Waals surface area contributed by atoms with Gasteiger partial charge < -0.3 is 14.4 Å². The van der Waals surface area contributed by atoms with Gasteiger partial charge >= 0.3 is 0 Å². The van der Waals surface area contributed by atoms with Gasteiger partial charge in [-0.2, -0.15) is 4.98 Å². The number of nitrogens with zero attached hydrogens (tertiary/aromatic N) is 4. The van der Waals surface area contributed by atoms with Crippen LogP contribution in [0.25, 0.3) is 11.5 Å². The summed E-state index contributed by atoms with van der Waals surface area (Å²) in [5.41, 5.74) is 3.18. The zero-order valence-corrected chi connectivity index (χ0v) is 12.1. The highest BCUT2D eigenvalue weighted by Gasteiger charge is 2.11. The lowest BCUT2D eigenvalue weighted by molar-refractivity contribution is 0.381. The molecular weight excluding hydrogens is 266 g/mol. The molecule has 2 aromatic heterocycles. The van der Waals surface area contributed by atoms with Crippen molar-refractivity contribution >= 4 is 5.69 Å². The average Bonchev–Trinajstić information content (AvgIpc) is 3.10. The van der Waals surface area contributed by atoms with E-state index in [1.165, 1.54) is 5.56 Å². The molecule has 0 fully saturated rings. The van der Waals surface area contributed by atoms with E-state index in [2.05, 4.69) is 51.6 Å². The molecule has 6 heteroatoms. The monoisotopic (exact) mass is 283 g/mol. The molecule has 0 aliphatic carbocycles. The van der Waals surface area contributed by atoms with Gasteiger partial charge in [0.2, 0.25) is 11.7 Å². The maximum Gasteiger partial charge on any atom is 0.228 e. The first kappa shape index (κ1) is 13.4. The second kappa shape index (κ2) is 5.78. The molecule has 0 saturated heterocycles. The molecule has 6 nitrogen and oxygen atoms in total. The molecule has 108 valence electrons. The third-order valence-electron chi connectivity index (χ3n) is 3.23.